The van der Waals surface area contributed by atoms with Crippen LogP contribution in [-0.4, -0.2) is 19.7 Å². The van der Waals surface area contributed by atoms with Gasteiger partial charge in [-0.25, -0.2) is 4.98 Å². The van der Waals surface area contributed by atoms with Gasteiger partial charge < -0.3 is 5.32 Å². The molecule has 1 N–H and O–H groups in total. The molecule has 0 bridgehead atoms. The Morgan fingerprint density at radius 1 is 1.19 bits per heavy atom. The van der Waals surface area contributed by atoms with Crippen LogP contribution in [0.3, 0.4) is 0 Å². The molecule has 0 saturated heterocycles. The first-order valence-corrected chi connectivity index (χ1v) is 7.60. The van der Waals surface area contributed by atoms with Crippen molar-refractivity contribution in [3.8, 4) is 5.69 Å². The van der Waals surface area contributed by atoms with Gasteiger partial charge >= 0.3 is 0 Å². The smallest absolute Gasteiger partial charge is 0.123 e. The Labute approximate surface area is 127 Å². The zero-order valence-corrected chi connectivity index (χ0v) is 13.1. The standard InChI is InChI=1S/C15H17N5S/c1-10-15(21-12(3)18-10)11(2)19-13-5-4-6-14(7-13)20-8-16-17-9-20/h4-9,11,19H,1-3H3. The molecule has 2 aromatic heterocycles. The van der Waals surface area contributed by atoms with Crippen molar-refractivity contribution in [2.24, 2.45) is 0 Å². The monoisotopic (exact) mass is 299 g/mol. The summed E-state index contributed by atoms with van der Waals surface area (Å²) in [5.41, 5.74) is 3.21. The second kappa shape index (κ2) is 5.65. The molecule has 1 aromatic carbocycles. The van der Waals surface area contributed by atoms with E-state index in [1.165, 1.54) is 4.88 Å². The van der Waals surface area contributed by atoms with Gasteiger partial charge in [0.15, 0.2) is 0 Å². The van der Waals surface area contributed by atoms with Gasteiger partial charge in [0, 0.05) is 10.6 Å². The molecule has 0 fully saturated rings. The fraction of sp³-hybridized carbons (Fsp3) is 0.267. The van der Waals surface area contributed by atoms with Gasteiger partial charge in [0.25, 0.3) is 0 Å². The van der Waals surface area contributed by atoms with Crippen molar-refractivity contribution < 1.29 is 0 Å². The van der Waals surface area contributed by atoms with Crippen molar-refractivity contribution in [3.05, 3.63) is 52.5 Å². The average Bonchev–Trinajstić information content (AvgIpc) is 3.08. The van der Waals surface area contributed by atoms with Crippen LogP contribution < -0.4 is 5.32 Å². The van der Waals surface area contributed by atoms with Crippen LogP contribution in [0.4, 0.5) is 5.69 Å². The van der Waals surface area contributed by atoms with E-state index < -0.39 is 0 Å². The van der Waals surface area contributed by atoms with Crippen LogP contribution in [0.1, 0.15) is 28.5 Å². The quantitative estimate of drug-likeness (QED) is 0.801. The number of nitrogens with zero attached hydrogens (tertiary/aromatic N) is 4. The fourth-order valence-electron chi connectivity index (χ4n) is 2.35. The van der Waals surface area contributed by atoms with Gasteiger partial charge in [0.2, 0.25) is 0 Å². The Bertz CT molecular complexity index is 732. The highest BCUT2D eigenvalue weighted by Crippen LogP contribution is 2.28. The molecule has 0 amide bonds. The maximum atomic E-state index is 4.49. The number of aromatic nitrogens is 4. The summed E-state index contributed by atoms with van der Waals surface area (Å²) in [4.78, 5) is 5.77. The summed E-state index contributed by atoms with van der Waals surface area (Å²) >= 11 is 1.74. The Morgan fingerprint density at radius 3 is 2.62 bits per heavy atom. The zero-order chi connectivity index (χ0) is 14.8. The minimum Gasteiger partial charge on any atom is -0.378 e. The van der Waals surface area contributed by atoms with E-state index in [-0.39, 0.29) is 6.04 Å². The third-order valence-electron chi connectivity index (χ3n) is 3.28. The molecule has 5 nitrogen and oxygen atoms in total. The van der Waals surface area contributed by atoms with Gasteiger partial charge in [-0.05, 0) is 39.0 Å². The molecule has 1 unspecified atom stereocenters. The molecule has 3 rings (SSSR count). The first kappa shape index (κ1) is 13.8. The lowest BCUT2D eigenvalue weighted by Gasteiger charge is -2.15. The van der Waals surface area contributed by atoms with Crippen LogP contribution in [0.2, 0.25) is 0 Å². The summed E-state index contributed by atoms with van der Waals surface area (Å²) in [5, 5.41) is 12.3. The molecule has 0 saturated carbocycles. The number of hydrogen-bond donors (Lipinski definition) is 1. The lowest BCUT2D eigenvalue weighted by molar-refractivity contribution is 0.889. The van der Waals surface area contributed by atoms with Gasteiger partial charge in [-0.1, -0.05) is 6.07 Å². The predicted octanol–water partition coefficient (Wildman–Crippen LogP) is 3.51. The van der Waals surface area contributed by atoms with E-state index in [1.807, 2.05) is 23.6 Å². The highest BCUT2D eigenvalue weighted by molar-refractivity contribution is 7.11. The minimum atomic E-state index is 0.229. The summed E-state index contributed by atoms with van der Waals surface area (Å²) in [6, 6.07) is 8.43. The Balaban J connectivity index is 1.82. The molecule has 108 valence electrons. The predicted molar refractivity (Wildman–Crippen MR) is 85.0 cm³/mol. The molecule has 0 aliphatic carbocycles. The van der Waals surface area contributed by atoms with E-state index in [0.717, 1.165) is 22.1 Å². The summed E-state index contributed by atoms with van der Waals surface area (Å²) in [6.07, 6.45) is 3.39. The van der Waals surface area contributed by atoms with Gasteiger partial charge in [-0.3, -0.25) is 4.57 Å². The maximum Gasteiger partial charge on any atom is 0.123 e. The lowest BCUT2D eigenvalue weighted by atomic mass is 10.2. The highest BCUT2D eigenvalue weighted by Gasteiger charge is 2.13. The SMILES string of the molecule is Cc1nc(C)c(C(C)Nc2cccc(-n3cnnc3)c2)s1. The summed E-state index contributed by atoms with van der Waals surface area (Å²) in [5.74, 6) is 0. The van der Waals surface area contributed by atoms with Crippen LogP contribution in [0.15, 0.2) is 36.9 Å². The molecule has 6 heteroatoms. The molecule has 0 aliphatic heterocycles. The van der Waals surface area contributed by atoms with Crippen molar-refractivity contribution in [2.45, 2.75) is 26.8 Å². The number of hydrogen-bond acceptors (Lipinski definition) is 5. The average molecular weight is 299 g/mol. The van der Waals surface area contributed by atoms with Crippen molar-refractivity contribution in [1.82, 2.24) is 19.7 Å². The second-order valence-electron chi connectivity index (χ2n) is 4.97. The first-order valence-electron chi connectivity index (χ1n) is 6.79. The van der Waals surface area contributed by atoms with Crippen LogP contribution >= 0.6 is 11.3 Å². The van der Waals surface area contributed by atoms with Crippen molar-refractivity contribution >= 4 is 17.0 Å². The third-order valence-corrected chi connectivity index (χ3v) is 4.53. The molecule has 1 atom stereocenters. The summed E-state index contributed by atoms with van der Waals surface area (Å²) < 4.78 is 1.89. The Kier molecular flexibility index (Phi) is 3.70. The summed E-state index contributed by atoms with van der Waals surface area (Å²) in [7, 11) is 0. The van der Waals surface area contributed by atoms with Gasteiger partial charge in [-0.15, -0.1) is 21.5 Å². The first-order chi connectivity index (χ1) is 10.1. The van der Waals surface area contributed by atoms with Crippen molar-refractivity contribution in [2.75, 3.05) is 5.32 Å². The lowest BCUT2D eigenvalue weighted by Crippen LogP contribution is -2.06. The number of anilines is 1. The largest absolute Gasteiger partial charge is 0.378 e. The van der Waals surface area contributed by atoms with Gasteiger partial charge in [-0.2, -0.15) is 0 Å². The highest BCUT2D eigenvalue weighted by atomic mass is 32.1. The number of nitrogens with one attached hydrogen (secondary N) is 1. The van der Waals surface area contributed by atoms with Crippen LogP contribution in [-0.2, 0) is 0 Å². The van der Waals surface area contributed by atoms with E-state index in [0.29, 0.717) is 0 Å². The molecular weight excluding hydrogens is 282 g/mol. The van der Waals surface area contributed by atoms with Crippen LogP contribution in [0, 0.1) is 13.8 Å². The van der Waals surface area contributed by atoms with E-state index >= 15 is 0 Å². The number of benzene rings is 1. The molecule has 2 heterocycles. The van der Waals surface area contributed by atoms with Crippen molar-refractivity contribution in [3.63, 3.8) is 0 Å². The molecular formula is C15H17N5S. The fourth-order valence-corrected chi connectivity index (χ4v) is 3.28. The van der Waals surface area contributed by atoms with Gasteiger partial charge in [0.05, 0.1) is 22.4 Å². The van der Waals surface area contributed by atoms with E-state index in [4.69, 9.17) is 0 Å². The Hall–Kier alpha value is -2.21. The molecule has 21 heavy (non-hydrogen) atoms. The summed E-state index contributed by atoms with van der Waals surface area (Å²) in [6.45, 7) is 6.26. The minimum absolute atomic E-state index is 0.229. The Morgan fingerprint density at radius 2 is 1.95 bits per heavy atom. The normalized spacial score (nSPS) is 12.3. The second-order valence-corrected chi connectivity index (χ2v) is 6.20. The number of aryl methyl sites for hydroxylation is 2. The third kappa shape index (κ3) is 2.95. The zero-order valence-electron chi connectivity index (χ0n) is 12.2. The maximum absolute atomic E-state index is 4.49. The number of rotatable bonds is 4. The van der Waals surface area contributed by atoms with Crippen molar-refractivity contribution in [1.29, 1.82) is 0 Å². The van der Waals surface area contributed by atoms with E-state index in [1.54, 1.807) is 24.0 Å². The number of thiazole rings is 1. The van der Waals surface area contributed by atoms with Crippen LogP contribution in [0.25, 0.3) is 5.69 Å². The van der Waals surface area contributed by atoms with E-state index in [9.17, 15) is 0 Å². The molecule has 3 aromatic rings. The molecule has 0 aliphatic rings. The topological polar surface area (TPSA) is 55.6 Å². The molecule has 0 spiro atoms. The van der Waals surface area contributed by atoms with Gasteiger partial charge in [0.1, 0.15) is 12.7 Å². The molecule has 0 radical (unpaired) electrons. The van der Waals surface area contributed by atoms with Crippen LogP contribution in [0.5, 0.6) is 0 Å². The van der Waals surface area contributed by atoms with E-state index in [2.05, 4.69) is 46.5 Å².